The smallest absolute Gasteiger partial charge is 0.462 e. The molecule has 0 radical (unpaired) electrons. The maximum atomic E-state index is 12.5. The van der Waals surface area contributed by atoms with Gasteiger partial charge in [-0.25, -0.2) is 4.57 Å². The number of unbranched alkanes of at least 4 members (excludes halogenated alkanes) is 11. The molecule has 0 aliphatic heterocycles. The highest BCUT2D eigenvalue weighted by Gasteiger charge is 2.25. The van der Waals surface area contributed by atoms with Gasteiger partial charge in [0.25, 0.3) is 0 Å². The van der Waals surface area contributed by atoms with Crippen molar-refractivity contribution in [2.75, 3.05) is 19.8 Å². The molecule has 2 atom stereocenters. The second-order valence-electron chi connectivity index (χ2n) is 12.9. The lowest BCUT2D eigenvalue weighted by Gasteiger charge is -2.19. The fourth-order valence-corrected chi connectivity index (χ4v) is 5.78. The van der Waals surface area contributed by atoms with E-state index in [1.165, 1.54) is 51.4 Å². The fraction of sp³-hybridized carbons (Fsp3) is 0.636. The minimum Gasteiger partial charge on any atom is -0.462 e. The highest BCUT2D eigenvalue weighted by atomic mass is 31.2. The summed E-state index contributed by atoms with van der Waals surface area (Å²) in [5.74, 6) is -0.962. The molecular formula is C44H73O8P. The van der Waals surface area contributed by atoms with Crippen LogP contribution in [-0.4, -0.2) is 42.8 Å². The van der Waals surface area contributed by atoms with Crippen LogP contribution in [0.15, 0.2) is 85.1 Å². The van der Waals surface area contributed by atoms with E-state index < -0.39 is 32.5 Å². The van der Waals surface area contributed by atoms with Gasteiger partial charge in [0.15, 0.2) is 6.10 Å². The van der Waals surface area contributed by atoms with Crippen LogP contribution in [0.3, 0.4) is 0 Å². The molecule has 1 N–H and O–H groups in total. The minimum absolute atomic E-state index is 0.00776. The first-order chi connectivity index (χ1) is 25.8. The van der Waals surface area contributed by atoms with E-state index in [4.69, 9.17) is 18.5 Å². The number of phosphoric acid groups is 1. The van der Waals surface area contributed by atoms with Crippen molar-refractivity contribution in [1.82, 2.24) is 0 Å². The predicted octanol–water partition coefficient (Wildman–Crippen LogP) is 12.7. The van der Waals surface area contributed by atoms with Crippen LogP contribution in [0.4, 0.5) is 0 Å². The third-order valence-corrected chi connectivity index (χ3v) is 9.03. The Labute approximate surface area is 323 Å². The number of hydrogen-bond donors (Lipinski definition) is 1. The van der Waals surface area contributed by atoms with E-state index in [-0.39, 0.29) is 26.1 Å². The fourth-order valence-electron chi connectivity index (χ4n) is 5.03. The molecule has 0 aliphatic rings. The number of carbonyl (C=O) groups excluding carboxylic acids is 2. The Kier molecular flexibility index (Phi) is 36.9. The first kappa shape index (κ1) is 50.2. The Morgan fingerprint density at radius 2 is 1.02 bits per heavy atom. The van der Waals surface area contributed by atoms with Crippen molar-refractivity contribution in [3.63, 3.8) is 0 Å². The summed E-state index contributed by atoms with van der Waals surface area (Å²) in [4.78, 5) is 34.6. The number of phosphoric ester groups is 1. The van der Waals surface area contributed by atoms with Gasteiger partial charge in [-0.3, -0.25) is 18.6 Å². The summed E-state index contributed by atoms with van der Waals surface area (Å²) in [6.45, 7) is 5.20. The zero-order chi connectivity index (χ0) is 38.9. The molecule has 2 unspecified atom stereocenters. The second kappa shape index (κ2) is 38.9. The Bertz CT molecular complexity index is 1130. The van der Waals surface area contributed by atoms with Crippen molar-refractivity contribution in [2.45, 2.75) is 162 Å². The van der Waals surface area contributed by atoms with Crippen LogP contribution in [0, 0.1) is 0 Å². The van der Waals surface area contributed by atoms with E-state index >= 15 is 0 Å². The Morgan fingerprint density at radius 1 is 0.547 bits per heavy atom. The summed E-state index contributed by atoms with van der Waals surface area (Å²) < 4.78 is 32.4. The lowest BCUT2D eigenvalue weighted by Crippen LogP contribution is -2.29. The zero-order valence-corrected chi connectivity index (χ0v) is 34.3. The molecule has 0 rings (SSSR count). The molecule has 0 saturated carbocycles. The number of hydrogen-bond acceptors (Lipinski definition) is 7. The van der Waals surface area contributed by atoms with Gasteiger partial charge in [-0.15, -0.1) is 0 Å². The van der Waals surface area contributed by atoms with Crippen LogP contribution in [0.1, 0.15) is 156 Å². The van der Waals surface area contributed by atoms with Gasteiger partial charge in [0.2, 0.25) is 0 Å². The Morgan fingerprint density at radius 3 is 1.55 bits per heavy atom. The third kappa shape index (κ3) is 38.8. The largest absolute Gasteiger partial charge is 0.472 e. The quantitative estimate of drug-likeness (QED) is 0.0291. The van der Waals surface area contributed by atoms with Crippen LogP contribution >= 0.6 is 7.82 Å². The lowest BCUT2D eigenvalue weighted by molar-refractivity contribution is -0.160. The number of rotatable bonds is 36. The van der Waals surface area contributed by atoms with E-state index in [2.05, 4.69) is 80.7 Å². The second-order valence-corrected chi connectivity index (χ2v) is 14.4. The molecule has 0 spiro atoms. The van der Waals surface area contributed by atoms with Crippen molar-refractivity contribution >= 4 is 19.8 Å². The molecule has 0 bridgehead atoms. The van der Waals surface area contributed by atoms with Crippen molar-refractivity contribution in [3.8, 4) is 0 Å². The monoisotopic (exact) mass is 761 g/mol. The number of carbonyl (C=O) groups is 2. The summed E-state index contributed by atoms with van der Waals surface area (Å²) in [6, 6.07) is 0. The molecule has 0 heterocycles. The van der Waals surface area contributed by atoms with E-state index in [0.717, 1.165) is 64.2 Å². The molecule has 9 heteroatoms. The molecule has 8 nitrogen and oxygen atoms in total. The van der Waals surface area contributed by atoms with Gasteiger partial charge in [0.05, 0.1) is 19.6 Å². The summed E-state index contributed by atoms with van der Waals surface area (Å²) >= 11 is 0. The molecule has 0 saturated heterocycles. The molecular weight excluding hydrogens is 687 g/mol. The zero-order valence-electron chi connectivity index (χ0n) is 33.4. The van der Waals surface area contributed by atoms with Crippen LogP contribution < -0.4 is 0 Å². The van der Waals surface area contributed by atoms with Crippen LogP contribution in [0.25, 0.3) is 0 Å². The normalized spacial score (nSPS) is 14.3. The lowest BCUT2D eigenvalue weighted by atomic mass is 10.1. The molecule has 0 aliphatic carbocycles. The van der Waals surface area contributed by atoms with E-state index in [1.807, 2.05) is 12.2 Å². The predicted molar refractivity (Wildman–Crippen MR) is 221 cm³/mol. The first-order valence-electron chi connectivity index (χ1n) is 20.4. The first-order valence-corrected chi connectivity index (χ1v) is 21.9. The van der Waals surface area contributed by atoms with Crippen LogP contribution in [0.5, 0.6) is 0 Å². The molecule has 0 aromatic heterocycles. The molecule has 0 fully saturated rings. The SMILES string of the molecule is CC/C=C\C/C=C\C/C=C\C/C=C\C/C=C\CC(=O)OC(COC(=O)CCCCCCCCC/C=C\C/C=C\CCCCCC)COP(=O)(O)OCC. The van der Waals surface area contributed by atoms with Gasteiger partial charge in [0, 0.05) is 6.42 Å². The maximum Gasteiger partial charge on any atom is 0.472 e. The number of allylic oxidation sites excluding steroid dienone is 13. The van der Waals surface area contributed by atoms with Crippen molar-refractivity contribution in [2.24, 2.45) is 0 Å². The summed E-state index contributed by atoms with van der Waals surface area (Å²) in [5, 5.41) is 0. The van der Waals surface area contributed by atoms with Gasteiger partial charge in [-0.1, -0.05) is 150 Å². The molecule has 0 aromatic rings. The van der Waals surface area contributed by atoms with Crippen molar-refractivity contribution in [1.29, 1.82) is 0 Å². The van der Waals surface area contributed by atoms with Crippen molar-refractivity contribution < 1.29 is 37.6 Å². The maximum absolute atomic E-state index is 12.5. The van der Waals surface area contributed by atoms with Gasteiger partial charge < -0.3 is 14.4 Å². The average Bonchev–Trinajstić information content (AvgIpc) is 3.13. The number of esters is 2. The topological polar surface area (TPSA) is 108 Å². The van der Waals surface area contributed by atoms with Crippen molar-refractivity contribution in [3.05, 3.63) is 85.1 Å². The molecule has 0 aromatic carbocycles. The van der Waals surface area contributed by atoms with E-state index in [1.54, 1.807) is 13.0 Å². The molecule has 302 valence electrons. The summed E-state index contributed by atoms with van der Waals surface area (Å²) in [5.41, 5.74) is 0. The van der Waals surface area contributed by atoms with Gasteiger partial charge in [0.1, 0.15) is 6.61 Å². The third-order valence-electron chi connectivity index (χ3n) is 7.97. The van der Waals surface area contributed by atoms with E-state index in [9.17, 15) is 19.0 Å². The average molecular weight is 761 g/mol. The Balaban J connectivity index is 4.26. The van der Waals surface area contributed by atoms with Crippen LogP contribution in [-0.2, 0) is 32.7 Å². The number of ether oxygens (including phenoxy) is 2. The Hall–Kier alpha value is -2.77. The van der Waals surface area contributed by atoms with Gasteiger partial charge in [-0.2, -0.15) is 0 Å². The minimum atomic E-state index is -4.31. The molecule has 53 heavy (non-hydrogen) atoms. The molecule has 0 amide bonds. The summed E-state index contributed by atoms with van der Waals surface area (Å²) in [6.07, 6.45) is 49.5. The van der Waals surface area contributed by atoms with Gasteiger partial charge in [-0.05, 0) is 77.6 Å². The summed E-state index contributed by atoms with van der Waals surface area (Å²) in [7, 11) is -4.31. The van der Waals surface area contributed by atoms with E-state index in [0.29, 0.717) is 6.42 Å². The van der Waals surface area contributed by atoms with Crippen LogP contribution in [0.2, 0.25) is 0 Å². The highest BCUT2D eigenvalue weighted by molar-refractivity contribution is 7.47. The highest BCUT2D eigenvalue weighted by Crippen LogP contribution is 2.43. The standard InChI is InChI=1S/C44H73O8P/c1-4-7-9-11-13-15-17-19-21-22-23-25-26-28-30-32-34-36-38-43(45)49-40-42(41-51-53(47,48)50-6-3)52-44(46)39-37-35-33-31-29-27-24-20-18-16-14-12-10-8-5-2/h8,10,14-17,20-22,24,29,31,35,37,42H,4-7,9,11-13,18-19,23,25-28,30,32-34,36,38-41H2,1-3H3,(H,47,48)/b10-8-,16-14-,17-15-,22-21-,24-20-,31-29-,37-35-. The van der Waals surface area contributed by atoms with Gasteiger partial charge >= 0.3 is 19.8 Å².